The zero-order chi connectivity index (χ0) is 15.3. The molecule has 0 saturated heterocycles. The molecule has 0 saturated carbocycles. The Hall–Kier alpha value is -1.91. The number of hydrogen-bond acceptors (Lipinski definition) is 0. The summed E-state index contributed by atoms with van der Waals surface area (Å²) in [6.07, 6.45) is 0. The topological polar surface area (TPSA) is 0 Å². The molecular formula is C20H22Si2. The molecule has 0 radical (unpaired) electrons. The van der Waals surface area contributed by atoms with Crippen LogP contribution in [0.1, 0.15) is 0 Å². The van der Waals surface area contributed by atoms with Crippen molar-refractivity contribution in [3.8, 4) is 0 Å². The molecule has 0 aliphatic heterocycles. The number of benzene rings is 3. The molecule has 3 rings (SSSR count). The van der Waals surface area contributed by atoms with Gasteiger partial charge in [-0.25, -0.2) is 0 Å². The minimum absolute atomic E-state index is 0.241. The first-order chi connectivity index (χ1) is 10.8. The van der Waals surface area contributed by atoms with Gasteiger partial charge < -0.3 is 0 Å². The summed E-state index contributed by atoms with van der Waals surface area (Å²) in [4.78, 5) is 0. The maximum absolute atomic E-state index is 2.54. The van der Waals surface area contributed by atoms with Crippen LogP contribution < -0.4 is 15.6 Å². The van der Waals surface area contributed by atoms with Gasteiger partial charge >= 0.3 is 0 Å². The van der Waals surface area contributed by atoms with E-state index in [0.29, 0.717) is 0 Å². The highest BCUT2D eigenvalue weighted by molar-refractivity contribution is 7.05. The van der Waals surface area contributed by atoms with Crippen LogP contribution in [0.25, 0.3) is 0 Å². The van der Waals surface area contributed by atoms with Gasteiger partial charge in [0.15, 0.2) is 0 Å². The van der Waals surface area contributed by atoms with Gasteiger partial charge in [0.25, 0.3) is 0 Å². The minimum Gasteiger partial charge on any atom is -0.0672 e. The van der Waals surface area contributed by atoms with Crippen molar-refractivity contribution in [3.63, 3.8) is 0 Å². The van der Waals surface area contributed by atoms with Gasteiger partial charge in [0, 0.05) is 0 Å². The van der Waals surface area contributed by atoms with Gasteiger partial charge in [-0.3, -0.25) is 0 Å². The lowest BCUT2D eigenvalue weighted by molar-refractivity contribution is 1.63. The Morgan fingerprint density at radius 3 is 1.50 bits per heavy atom. The Morgan fingerprint density at radius 1 is 0.636 bits per heavy atom. The average Bonchev–Trinajstić information content (AvgIpc) is 2.62. The van der Waals surface area contributed by atoms with Crippen molar-refractivity contribution in [2.75, 3.05) is 0 Å². The van der Waals surface area contributed by atoms with Crippen molar-refractivity contribution in [2.45, 2.75) is 12.2 Å². The van der Waals surface area contributed by atoms with Crippen LogP contribution in [-0.2, 0) is 0 Å². The van der Waals surface area contributed by atoms with E-state index < -0.39 is 8.07 Å². The average molecular weight is 319 g/mol. The number of rotatable bonds is 5. The standard InChI is InChI=1S/C20H22Si2/c1-22(19-13-7-3-8-14-19,20-15-9-4-10-16-20)17-21-18-11-5-2-6-12-18/h2-16H,17,21H2,1H3. The first-order valence-corrected chi connectivity index (χ1v) is 12.4. The van der Waals surface area contributed by atoms with Crippen molar-refractivity contribution in [2.24, 2.45) is 0 Å². The van der Waals surface area contributed by atoms with Crippen molar-refractivity contribution in [1.29, 1.82) is 0 Å². The second-order valence-electron chi connectivity index (χ2n) is 6.05. The van der Waals surface area contributed by atoms with Crippen molar-refractivity contribution < 1.29 is 0 Å². The van der Waals surface area contributed by atoms with E-state index in [-0.39, 0.29) is 9.52 Å². The normalized spacial score (nSPS) is 11.9. The van der Waals surface area contributed by atoms with Crippen LogP contribution in [0.15, 0.2) is 91.0 Å². The van der Waals surface area contributed by atoms with Crippen LogP contribution in [0.5, 0.6) is 0 Å². The molecular weight excluding hydrogens is 296 g/mol. The zero-order valence-corrected chi connectivity index (χ0v) is 15.5. The third-order valence-corrected chi connectivity index (χ3v) is 13.8. The molecule has 110 valence electrons. The second kappa shape index (κ2) is 6.90. The molecule has 0 amide bonds. The van der Waals surface area contributed by atoms with Crippen molar-refractivity contribution in [1.82, 2.24) is 0 Å². The minimum atomic E-state index is -1.62. The molecule has 0 bridgehead atoms. The fourth-order valence-corrected chi connectivity index (χ4v) is 11.4. The summed E-state index contributed by atoms with van der Waals surface area (Å²) in [5, 5.41) is 4.70. The summed E-state index contributed by atoms with van der Waals surface area (Å²) < 4.78 is 0. The maximum Gasteiger partial charge on any atom is 0.112 e. The molecule has 0 aromatic heterocycles. The quantitative estimate of drug-likeness (QED) is 0.634. The molecule has 2 heteroatoms. The Kier molecular flexibility index (Phi) is 4.71. The molecule has 0 unspecified atom stereocenters. The third kappa shape index (κ3) is 3.29. The smallest absolute Gasteiger partial charge is 0.0672 e. The lowest BCUT2D eigenvalue weighted by atomic mass is 10.4. The maximum atomic E-state index is 2.54. The summed E-state index contributed by atoms with van der Waals surface area (Å²) in [6, 6.07) is 33.4. The van der Waals surface area contributed by atoms with Gasteiger partial charge in [0.2, 0.25) is 0 Å². The van der Waals surface area contributed by atoms with E-state index in [1.807, 2.05) is 0 Å². The van der Waals surface area contributed by atoms with Crippen LogP contribution >= 0.6 is 0 Å². The zero-order valence-electron chi connectivity index (χ0n) is 13.1. The Morgan fingerprint density at radius 2 is 1.05 bits per heavy atom. The second-order valence-corrected chi connectivity index (χ2v) is 13.2. The molecule has 0 aliphatic rings. The van der Waals surface area contributed by atoms with Gasteiger partial charge in [-0.2, -0.15) is 0 Å². The van der Waals surface area contributed by atoms with Crippen LogP contribution in [0, 0.1) is 0 Å². The molecule has 0 N–H and O–H groups in total. The highest BCUT2D eigenvalue weighted by atomic mass is 28.4. The summed E-state index contributed by atoms with van der Waals surface area (Å²) in [5.74, 6) is 0. The monoisotopic (exact) mass is 318 g/mol. The lowest BCUT2D eigenvalue weighted by Gasteiger charge is -2.29. The Bertz CT molecular complexity index is 654. The molecule has 3 aromatic rings. The van der Waals surface area contributed by atoms with Crippen LogP contribution in [0.4, 0.5) is 0 Å². The molecule has 22 heavy (non-hydrogen) atoms. The van der Waals surface area contributed by atoms with E-state index in [0.717, 1.165) is 0 Å². The fraction of sp³-hybridized carbons (Fsp3) is 0.100. The van der Waals surface area contributed by atoms with Crippen molar-refractivity contribution >= 4 is 33.2 Å². The van der Waals surface area contributed by atoms with E-state index in [9.17, 15) is 0 Å². The van der Waals surface area contributed by atoms with E-state index >= 15 is 0 Å². The Balaban J connectivity index is 1.93. The summed E-state index contributed by atoms with van der Waals surface area (Å²) in [7, 11) is -1.86. The predicted molar refractivity (Wildman–Crippen MR) is 103 cm³/mol. The molecule has 3 aromatic carbocycles. The molecule has 0 aliphatic carbocycles. The van der Waals surface area contributed by atoms with Crippen molar-refractivity contribution in [3.05, 3.63) is 91.0 Å². The molecule has 0 heterocycles. The highest BCUT2D eigenvalue weighted by Gasteiger charge is 2.31. The first kappa shape index (κ1) is 15.0. The van der Waals surface area contributed by atoms with Crippen LogP contribution in [0.2, 0.25) is 12.2 Å². The van der Waals surface area contributed by atoms with Gasteiger partial charge in [0.05, 0.1) is 9.52 Å². The van der Waals surface area contributed by atoms with Crippen LogP contribution in [-0.4, -0.2) is 17.6 Å². The van der Waals surface area contributed by atoms with E-state index in [1.54, 1.807) is 15.6 Å². The van der Waals surface area contributed by atoms with Gasteiger partial charge in [-0.15, -0.1) is 0 Å². The third-order valence-electron chi connectivity index (χ3n) is 4.58. The highest BCUT2D eigenvalue weighted by Crippen LogP contribution is 2.10. The van der Waals surface area contributed by atoms with E-state index in [4.69, 9.17) is 0 Å². The summed E-state index contributed by atoms with van der Waals surface area (Å²) in [6.45, 7) is 2.54. The van der Waals surface area contributed by atoms with Gasteiger partial charge in [-0.05, 0) is 0 Å². The Labute approximate surface area is 136 Å². The summed E-state index contributed by atoms with van der Waals surface area (Å²) >= 11 is 0. The fourth-order valence-electron chi connectivity index (χ4n) is 3.11. The van der Waals surface area contributed by atoms with Gasteiger partial charge in [-0.1, -0.05) is 119 Å². The van der Waals surface area contributed by atoms with Gasteiger partial charge in [0.1, 0.15) is 8.07 Å². The predicted octanol–water partition coefficient (Wildman–Crippen LogP) is 2.33. The molecule has 0 atom stereocenters. The molecule has 0 spiro atoms. The van der Waals surface area contributed by atoms with E-state index in [1.165, 1.54) is 5.67 Å². The molecule has 0 fully saturated rings. The first-order valence-electron chi connectivity index (χ1n) is 7.94. The largest absolute Gasteiger partial charge is 0.112 e. The molecule has 0 nitrogen and oxygen atoms in total. The SMILES string of the molecule is C[Si](C[SiH2]c1ccccc1)(c1ccccc1)c1ccccc1. The van der Waals surface area contributed by atoms with E-state index in [2.05, 4.69) is 97.5 Å². The lowest BCUT2D eigenvalue weighted by Crippen LogP contribution is -2.57. The number of hydrogen-bond donors (Lipinski definition) is 0. The van der Waals surface area contributed by atoms with Crippen LogP contribution in [0.3, 0.4) is 0 Å². The summed E-state index contributed by atoms with van der Waals surface area (Å²) in [5.41, 5.74) is 1.38.